The van der Waals surface area contributed by atoms with Gasteiger partial charge in [-0.2, -0.15) is 15.1 Å². The molecule has 1 saturated heterocycles. The van der Waals surface area contributed by atoms with Gasteiger partial charge in [-0.15, -0.1) is 0 Å². The summed E-state index contributed by atoms with van der Waals surface area (Å²) in [7, 11) is -4.05. The van der Waals surface area contributed by atoms with Crippen LogP contribution in [0.5, 0.6) is 0 Å². The van der Waals surface area contributed by atoms with E-state index in [-0.39, 0.29) is 17.0 Å². The SMILES string of the molecule is COC[C@](CC(=O)O)(OC[C@H]1O[C@@H](n2ncc3c(NC4CCCC4)nc(Cl)nc32)[C@H](O)[C@@H]1O)P(=O)(O)O. The number of hydrogen-bond donors (Lipinski definition) is 6. The number of rotatable bonds is 11. The number of nitrogens with one attached hydrogen (secondary N) is 1. The van der Waals surface area contributed by atoms with Crippen LogP contribution < -0.4 is 5.32 Å². The highest BCUT2D eigenvalue weighted by Gasteiger charge is 2.53. The molecule has 1 saturated carbocycles. The van der Waals surface area contributed by atoms with Crippen molar-refractivity contribution in [2.24, 2.45) is 0 Å². The van der Waals surface area contributed by atoms with E-state index in [0.717, 1.165) is 32.8 Å². The van der Waals surface area contributed by atoms with Crippen LogP contribution in [-0.2, 0) is 23.6 Å². The standard InChI is InChI=1S/C20H29ClN5O10P/c1-34-9-20(6-13(27)28,37(31,32)33)35-8-12-14(29)15(30)18(36-12)26-17-11(7-22-26)16(24-19(21)25-17)23-10-4-2-3-5-10/h7,10,12,14-15,18,29-30H,2-6,8-9H2,1H3,(H,27,28)(H,23,24,25)(H2,31,32,33)/t12-,14-,15-,18-,20-/m1/s1. The summed E-state index contributed by atoms with van der Waals surface area (Å²) < 4.78 is 29.3. The first-order valence-corrected chi connectivity index (χ1v) is 13.5. The van der Waals surface area contributed by atoms with Gasteiger partial charge in [0.1, 0.15) is 24.1 Å². The van der Waals surface area contributed by atoms with E-state index in [0.29, 0.717) is 11.2 Å². The Balaban J connectivity index is 1.56. The second-order valence-electron chi connectivity index (χ2n) is 9.14. The van der Waals surface area contributed by atoms with E-state index in [1.54, 1.807) is 0 Å². The molecule has 37 heavy (non-hydrogen) atoms. The van der Waals surface area contributed by atoms with Crippen molar-refractivity contribution < 1.29 is 48.7 Å². The third-order valence-corrected chi connectivity index (χ3v) is 8.19. The van der Waals surface area contributed by atoms with Gasteiger partial charge in [-0.05, 0) is 24.4 Å². The number of hydrogen-bond acceptors (Lipinski definition) is 11. The second-order valence-corrected chi connectivity index (χ2v) is 11.4. The predicted octanol–water partition coefficient (Wildman–Crippen LogP) is 0.465. The Morgan fingerprint density at radius 3 is 2.62 bits per heavy atom. The number of aliphatic hydroxyl groups is 2. The lowest BCUT2D eigenvalue weighted by Crippen LogP contribution is -2.43. The van der Waals surface area contributed by atoms with Crippen LogP contribution in [0.15, 0.2) is 6.20 Å². The zero-order chi connectivity index (χ0) is 27.0. The van der Waals surface area contributed by atoms with Crippen LogP contribution in [0.25, 0.3) is 11.0 Å². The largest absolute Gasteiger partial charge is 0.481 e. The topological polar surface area (TPSA) is 219 Å². The van der Waals surface area contributed by atoms with Crippen LogP contribution in [0.2, 0.25) is 5.28 Å². The van der Waals surface area contributed by atoms with E-state index < -0.39 is 63.1 Å². The van der Waals surface area contributed by atoms with Crippen LogP contribution in [-0.4, -0.2) is 101 Å². The molecule has 1 aliphatic heterocycles. The summed E-state index contributed by atoms with van der Waals surface area (Å²) >= 11 is 6.14. The summed E-state index contributed by atoms with van der Waals surface area (Å²) in [6, 6.07) is 0.224. The summed E-state index contributed by atoms with van der Waals surface area (Å²) in [5.41, 5.74) is 0.230. The Morgan fingerprint density at radius 1 is 1.30 bits per heavy atom. The molecule has 0 radical (unpaired) electrons. The maximum atomic E-state index is 12.1. The van der Waals surface area contributed by atoms with E-state index in [2.05, 4.69) is 20.4 Å². The third-order valence-electron chi connectivity index (χ3n) is 6.55. The quantitative estimate of drug-likeness (QED) is 0.161. The molecule has 4 rings (SSSR count). The summed E-state index contributed by atoms with van der Waals surface area (Å²) in [5, 5.41) is 36.0. The van der Waals surface area contributed by atoms with Crippen molar-refractivity contribution in [2.45, 2.75) is 68.0 Å². The van der Waals surface area contributed by atoms with Crippen molar-refractivity contribution in [3.05, 3.63) is 11.5 Å². The van der Waals surface area contributed by atoms with E-state index in [4.69, 9.17) is 25.8 Å². The monoisotopic (exact) mass is 565 g/mol. The van der Waals surface area contributed by atoms with Crippen molar-refractivity contribution in [2.75, 3.05) is 25.6 Å². The Kier molecular flexibility index (Phi) is 8.38. The van der Waals surface area contributed by atoms with Crippen LogP contribution in [0.3, 0.4) is 0 Å². The first-order chi connectivity index (χ1) is 17.5. The minimum Gasteiger partial charge on any atom is -0.481 e. The van der Waals surface area contributed by atoms with Crippen LogP contribution in [0.1, 0.15) is 38.3 Å². The maximum absolute atomic E-state index is 12.1. The molecule has 6 N–H and O–H groups in total. The van der Waals surface area contributed by atoms with Crippen LogP contribution in [0, 0.1) is 0 Å². The first-order valence-electron chi connectivity index (χ1n) is 11.5. The van der Waals surface area contributed by atoms with Crippen LogP contribution in [0.4, 0.5) is 5.82 Å². The third kappa shape index (κ3) is 5.75. The van der Waals surface area contributed by atoms with Crippen LogP contribution >= 0.6 is 19.2 Å². The summed E-state index contributed by atoms with van der Waals surface area (Å²) in [5.74, 6) is -1.06. The molecule has 0 bridgehead atoms. The zero-order valence-electron chi connectivity index (χ0n) is 19.8. The van der Waals surface area contributed by atoms with Gasteiger partial charge in [-0.25, -0.2) is 4.68 Å². The summed E-state index contributed by atoms with van der Waals surface area (Å²) in [6.45, 7) is -1.41. The first kappa shape index (κ1) is 28.1. The molecule has 2 fully saturated rings. The van der Waals surface area contributed by atoms with E-state index in [9.17, 15) is 34.5 Å². The molecule has 0 unspecified atom stereocenters. The Hall–Kier alpha value is -1.94. The number of carboxylic acids is 1. The van der Waals surface area contributed by atoms with Gasteiger partial charge in [0.25, 0.3) is 0 Å². The Bertz CT molecular complexity index is 1170. The normalized spacial score (nSPS) is 26.5. The molecule has 17 heteroatoms. The van der Waals surface area contributed by atoms with Gasteiger partial charge < -0.3 is 44.6 Å². The molecule has 2 aromatic heterocycles. The number of methoxy groups -OCH3 is 1. The predicted molar refractivity (Wildman–Crippen MR) is 127 cm³/mol. The molecule has 2 aromatic rings. The van der Waals surface area contributed by atoms with E-state index in [1.165, 1.54) is 10.9 Å². The smallest absolute Gasteiger partial charge is 0.360 e. The highest BCUT2D eigenvalue weighted by molar-refractivity contribution is 7.53. The number of carboxylic acid groups (broad SMARTS) is 1. The second kappa shape index (κ2) is 11.0. The highest BCUT2D eigenvalue weighted by atomic mass is 35.5. The molecule has 0 amide bonds. The van der Waals surface area contributed by atoms with Crippen molar-refractivity contribution in [1.29, 1.82) is 0 Å². The molecule has 1 aliphatic carbocycles. The minimum absolute atomic E-state index is 0.0673. The van der Waals surface area contributed by atoms with Gasteiger partial charge in [-0.3, -0.25) is 9.36 Å². The van der Waals surface area contributed by atoms with E-state index in [1.807, 2.05) is 0 Å². The lowest BCUT2D eigenvalue weighted by atomic mass is 10.1. The van der Waals surface area contributed by atoms with Gasteiger partial charge in [0.15, 0.2) is 11.9 Å². The molecule has 15 nitrogen and oxygen atoms in total. The van der Waals surface area contributed by atoms with Crippen molar-refractivity contribution >= 4 is 42.0 Å². The molecule has 5 atom stereocenters. The number of halogens is 1. The number of nitrogens with zero attached hydrogens (tertiary/aromatic N) is 4. The van der Waals surface area contributed by atoms with Gasteiger partial charge in [0, 0.05) is 13.2 Å². The lowest BCUT2D eigenvalue weighted by molar-refractivity contribution is -0.149. The number of ether oxygens (including phenoxy) is 3. The number of aliphatic hydroxyl groups excluding tert-OH is 2. The number of aliphatic carboxylic acids is 1. The number of aromatic nitrogens is 4. The molecule has 2 aliphatic rings. The average Bonchev–Trinajstić information content (AvgIpc) is 3.52. The highest BCUT2D eigenvalue weighted by Crippen LogP contribution is 2.54. The van der Waals surface area contributed by atoms with Gasteiger partial charge in [-0.1, -0.05) is 12.8 Å². The minimum atomic E-state index is -5.17. The Labute approximate surface area is 215 Å². The fraction of sp³-hybridized carbons (Fsp3) is 0.700. The number of carbonyl (C=O) groups is 1. The van der Waals surface area contributed by atoms with Crippen molar-refractivity contribution in [3.63, 3.8) is 0 Å². The fourth-order valence-electron chi connectivity index (χ4n) is 4.64. The average molecular weight is 566 g/mol. The van der Waals surface area contributed by atoms with Crippen molar-refractivity contribution in [1.82, 2.24) is 19.7 Å². The molecule has 206 valence electrons. The van der Waals surface area contributed by atoms with E-state index >= 15 is 0 Å². The zero-order valence-corrected chi connectivity index (χ0v) is 21.5. The fourth-order valence-corrected chi connectivity index (χ4v) is 5.69. The molecular weight excluding hydrogens is 537 g/mol. The molecule has 0 aromatic carbocycles. The number of anilines is 1. The number of fused-ring (bicyclic) bond motifs is 1. The van der Waals surface area contributed by atoms with Gasteiger partial charge >= 0.3 is 13.6 Å². The van der Waals surface area contributed by atoms with Crippen molar-refractivity contribution in [3.8, 4) is 0 Å². The van der Waals surface area contributed by atoms with Gasteiger partial charge in [0.2, 0.25) is 10.6 Å². The summed E-state index contributed by atoms with van der Waals surface area (Å²) in [4.78, 5) is 39.4. The molecule has 0 spiro atoms. The molecular formula is C20H29ClN5O10P. The summed E-state index contributed by atoms with van der Waals surface area (Å²) in [6.07, 6.45) is -1.11. The van der Waals surface area contributed by atoms with Gasteiger partial charge in [0.05, 0.1) is 31.2 Å². The lowest BCUT2D eigenvalue weighted by Gasteiger charge is -2.33. The maximum Gasteiger partial charge on any atom is 0.360 e. The Morgan fingerprint density at radius 2 is 2.00 bits per heavy atom. The molecule has 3 heterocycles.